The molecule has 7 heteroatoms. The van der Waals surface area contributed by atoms with E-state index in [1.165, 1.54) is 29.3 Å². The number of nitrogens with zero attached hydrogens (tertiary/aromatic N) is 1. The smallest absolute Gasteiger partial charge is 0.243 e. The Morgan fingerprint density at radius 1 is 1.03 bits per heavy atom. The molecule has 2 aromatic carbocycles. The summed E-state index contributed by atoms with van der Waals surface area (Å²) < 4.78 is 11.0. The number of rotatable bonds is 7. The van der Waals surface area contributed by atoms with Crippen molar-refractivity contribution >= 4 is 29.3 Å². The van der Waals surface area contributed by atoms with E-state index in [4.69, 9.17) is 9.47 Å². The molecule has 1 aliphatic heterocycles. The van der Waals surface area contributed by atoms with Crippen molar-refractivity contribution in [2.45, 2.75) is 31.1 Å². The third-order valence-corrected chi connectivity index (χ3v) is 6.31. The van der Waals surface area contributed by atoms with Gasteiger partial charge in [0.05, 0.1) is 12.3 Å². The highest BCUT2D eigenvalue weighted by molar-refractivity contribution is 8.00. The number of amides is 2. The number of hydrogen-bond acceptors (Lipinski definition) is 5. The first-order chi connectivity index (χ1) is 14.6. The summed E-state index contributed by atoms with van der Waals surface area (Å²) >= 11 is 1.53. The highest BCUT2D eigenvalue weighted by atomic mass is 32.2. The van der Waals surface area contributed by atoms with Gasteiger partial charge < -0.3 is 19.7 Å². The Morgan fingerprint density at radius 3 is 2.67 bits per heavy atom. The van der Waals surface area contributed by atoms with E-state index >= 15 is 0 Å². The van der Waals surface area contributed by atoms with Crippen LogP contribution in [0.15, 0.2) is 41.3 Å². The topological polar surface area (TPSA) is 67.9 Å². The monoisotopic (exact) mass is 426 g/mol. The number of nitrogens with one attached hydrogen (secondary N) is 1. The van der Waals surface area contributed by atoms with E-state index in [1.807, 2.05) is 6.92 Å². The maximum atomic E-state index is 12.6. The number of ether oxygens (including phenoxy) is 2. The van der Waals surface area contributed by atoms with Crippen LogP contribution in [0.3, 0.4) is 0 Å². The lowest BCUT2D eigenvalue weighted by Gasteiger charge is -2.21. The second kappa shape index (κ2) is 9.43. The van der Waals surface area contributed by atoms with Gasteiger partial charge in [-0.05, 0) is 61.6 Å². The predicted octanol–water partition coefficient (Wildman–Crippen LogP) is 3.53. The van der Waals surface area contributed by atoms with Crippen LogP contribution in [0.4, 0.5) is 5.69 Å². The summed E-state index contributed by atoms with van der Waals surface area (Å²) in [7, 11) is 0. The summed E-state index contributed by atoms with van der Waals surface area (Å²) in [5.41, 5.74) is 3.45. The molecule has 0 fully saturated rings. The van der Waals surface area contributed by atoms with Gasteiger partial charge in [-0.1, -0.05) is 6.07 Å². The van der Waals surface area contributed by atoms with Crippen LogP contribution >= 0.6 is 11.8 Å². The Hall–Kier alpha value is -2.67. The number of aryl methyl sites for hydroxylation is 2. The van der Waals surface area contributed by atoms with Gasteiger partial charge in [-0.25, -0.2) is 0 Å². The van der Waals surface area contributed by atoms with Crippen molar-refractivity contribution < 1.29 is 19.1 Å². The molecular formula is C23H26N2O4S. The summed E-state index contributed by atoms with van der Waals surface area (Å²) in [6, 6.07) is 11.8. The second-order valence-corrected chi connectivity index (χ2v) is 8.44. The van der Waals surface area contributed by atoms with Gasteiger partial charge in [0, 0.05) is 23.2 Å². The largest absolute Gasteiger partial charge is 0.486 e. The second-order valence-electron chi connectivity index (χ2n) is 7.39. The fourth-order valence-electron chi connectivity index (χ4n) is 3.75. The van der Waals surface area contributed by atoms with Gasteiger partial charge in [-0.15, -0.1) is 11.8 Å². The average Bonchev–Trinajstić information content (AvgIpc) is 3.23. The molecule has 30 heavy (non-hydrogen) atoms. The number of anilines is 1. The SMILES string of the molecule is CCN(CC(=O)Nc1ccc2c(c1)OCCO2)C(=O)CSc1ccc2c(c1)CCC2. The lowest BCUT2D eigenvalue weighted by atomic mass is 10.1. The van der Waals surface area contributed by atoms with Crippen molar-refractivity contribution in [3.05, 3.63) is 47.5 Å². The van der Waals surface area contributed by atoms with Gasteiger partial charge in [0.2, 0.25) is 11.8 Å². The minimum atomic E-state index is -0.232. The number of carbonyl (C=O) groups is 2. The summed E-state index contributed by atoms with van der Waals surface area (Å²) in [6.45, 7) is 3.40. The van der Waals surface area contributed by atoms with E-state index in [0.717, 1.165) is 17.7 Å². The van der Waals surface area contributed by atoms with Crippen LogP contribution in [0.1, 0.15) is 24.5 Å². The van der Waals surface area contributed by atoms with E-state index < -0.39 is 0 Å². The lowest BCUT2D eigenvalue weighted by molar-refractivity contribution is -0.132. The number of fused-ring (bicyclic) bond motifs is 2. The molecular weight excluding hydrogens is 400 g/mol. The zero-order valence-corrected chi connectivity index (χ0v) is 17.9. The molecule has 0 saturated carbocycles. The molecule has 0 saturated heterocycles. The fourth-order valence-corrected chi connectivity index (χ4v) is 4.61. The molecule has 6 nitrogen and oxygen atoms in total. The molecule has 2 amide bonds. The van der Waals surface area contributed by atoms with Crippen molar-refractivity contribution in [1.29, 1.82) is 0 Å². The molecule has 0 atom stereocenters. The first-order valence-electron chi connectivity index (χ1n) is 10.3. The van der Waals surface area contributed by atoms with Crippen molar-refractivity contribution in [2.75, 3.05) is 37.4 Å². The van der Waals surface area contributed by atoms with E-state index in [2.05, 4.69) is 23.5 Å². The lowest BCUT2D eigenvalue weighted by Crippen LogP contribution is -2.38. The predicted molar refractivity (Wildman–Crippen MR) is 118 cm³/mol. The van der Waals surface area contributed by atoms with Crippen molar-refractivity contribution in [2.24, 2.45) is 0 Å². The first-order valence-corrected chi connectivity index (χ1v) is 11.3. The molecule has 1 aliphatic carbocycles. The average molecular weight is 427 g/mol. The van der Waals surface area contributed by atoms with Crippen LogP contribution in [0.2, 0.25) is 0 Å². The highest BCUT2D eigenvalue weighted by Gasteiger charge is 2.18. The maximum absolute atomic E-state index is 12.6. The van der Waals surface area contributed by atoms with Crippen LogP contribution in [0, 0.1) is 0 Å². The van der Waals surface area contributed by atoms with Gasteiger partial charge in [-0.3, -0.25) is 9.59 Å². The Morgan fingerprint density at radius 2 is 1.83 bits per heavy atom. The van der Waals surface area contributed by atoms with Crippen LogP contribution in [-0.2, 0) is 22.4 Å². The zero-order chi connectivity index (χ0) is 20.9. The third-order valence-electron chi connectivity index (χ3n) is 5.33. The fraction of sp³-hybridized carbons (Fsp3) is 0.391. The van der Waals surface area contributed by atoms with Crippen LogP contribution in [0.25, 0.3) is 0 Å². The Labute approximate surface area is 180 Å². The third kappa shape index (κ3) is 4.90. The minimum Gasteiger partial charge on any atom is -0.486 e. The molecule has 1 heterocycles. The zero-order valence-electron chi connectivity index (χ0n) is 17.1. The van der Waals surface area contributed by atoms with E-state index in [0.29, 0.717) is 42.7 Å². The highest BCUT2D eigenvalue weighted by Crippen LogP contribution is 2.32. The van der Waals surface area contributed by atoms with Crippen molar-refractivity contribution in [3.8, 4) is 11.5 Å². The number of hydrogen-bond donors (Lipinski definition) is 1. The number of carbonyl (C=O) groups excluding carboxylic acids is 2. The van der Waals surface area contributed by atoms with Crippen molar-refractivity contribution in [3.63, 3.8) is 0 Å². The quantitative estimate of drug-likeness (QED) is 0.686. The van der Waals surface area contributed by atoms with Gasteiger partial charge in [0.25, 0.3) is 0 Å². The van der Waals surface area contributed by atoms with Crippen molar-refractivity contribution in [1.82, 2.24) is 4.90 Å². The minimum absolute atomic E-state index is 0.0223. The van der Waals surface area contributed by atoms with Gasteiger partial charge in [-0.2, -0.15) is 0 Å². The van der Waals surface area contributed by atoms with E-state index in [-0.39, 0.29) is 18.4 Å². The molecule has 0 aromatic heterocycles. The molecule has 0 bridgehead atoms. The Bertz CT molecular complexity index is 947. The van der Waals surface area contributed by atoms with E-state index in [9.17, 15) is 9.59 Å². The molecule has 1 N–H and O–H groups in total. The Balaban J connectivity index is 1.30. The summed E-state index contributed by atoms with van der Waals surface area (Å²) in [4.78, 5) is 27.8. The standard InChI is InChI=1S/C23H26N2O4S/c1-2-25(23(27)15-30-19-8-6-16-4-3-5-17(16)12-19)14-22(26)24-18-7-9-20-21(13-18)29-11-10-28-20/h6-9,12-13H,2-5,10-11,14-15H2,1H3,(H,24,26). The molecule has 158 valence electrons. The van der Waals surface area contributed by atoms with Gasteiger partial charge in [0.15, 0.2) is 11.5 Å². The molecule has 0 unspecified atom stereocenters. The number of benzene rings is 2. The summed E-state index contributed by atoms with van der Waals surface area (Å²) in [5, 5.41) is 2.84. The number of likely N-dealkylation sites (N-methyl/N-ethyl adjacent to an activating group) is 1. The summed E-state index contributed by atoms with van der Waals surface area (Å²) in [6.07, 6.45) is 3.49. The van der Waals surface area contributed by atoms with Crippen LogP contribution in [0.5, 0.6) is 11.5 Å². The van der Waals surface area contributed by atoms with Crippen LogP contribution in [-0.4, -0.2) is 48.8 Å². The maximum Gasteiger partial charge on any atom is 0.243 e. The van der Waals surface area contributed by atoms with E-state index in [1.54, 1.807) is 23.1 Å². The Kier molecular flexibility index (Phi) is 6.47. The van der Waals surface area contributed by atoms with Gasteiger partial charge in [0.1, 0.15) is 13.2 Å². The molecule has 2 aliphatic rings. The molecule has 2 aromatic rings. The normalized spacial score (nSPS) is 14.2. The van der Waals surface area contributed by atoms with Gasteiger partial charge >= 0.3 is 0 Å². The first kappa shape index (κ1) is 20.6. The molecule has 4 rings (SSSR count). The summed E-state index contributed by atoms with van der Waals surface area (Å²) in [5.74, 6) is 1.34. The number of thioether (sulfide) groups is 1. The van der Waals surface area contributed by atoms with Crippen LogP contribution < -0.4 is 14.8 Å². The molecule has 0 radical (unpaired) electrons. The molecule has 0 spiro atoms.